The van der Waals surface area contributed by atoms with Gasteiger partial charge in [-0.15, -0.1) is 11.3 Å². The standard InChI is InChI=1S/C11H12BrN3S/c12-8-5-9(16-7-8)6-11(15-13)10-3-1-2-4-14-10/h1-5,7,11,15H,6,13H2. The summed E-state index contributed by atoms with van der Waals surface area (Å²) in [6, 6.07) is 8.02. The van der Waals surface area contributed by atoms with E-state index in [2.05, 4.69) is 37.8 Å². The van der Waals surface area contributed by atoms with E-state index in [4.69, 9.17) is 5.84 Å². The molecule has 1 atom stereocenters. The lowest BCUT2D eigenvalue weighted by atomic mass is 10.1. The van der Waals surface area contributed by atoms with E-state index in [1.807, 2.05) is 18.2 Å². The maximum Gasteiger partial charge on any atom is 0.0680 e. The number of hydrazine groups is 1. The fraction of sp³-hybridized carbons (Fsp3) is 0.182. The van der Waals surface area contributed by atoms with Crippen molar-refractivity contribution in [2.45, 2.75) is 12.5 Å². The largest absolute Gasteiger partial charge is 0.271 e. The Morgan fingerprint density at radius 2 is 2.38 bits per heavy atom. The van der Waals surface area contributed by atoms with E-state index in [1.54, 1.807) is 17.5 Å². The molecule has 0 aliphatic carbocycles. The van der Waals surface area contributed by atoms with Gasteiger partial charge in [0, 0.05) is 27.3 Å². The highest BCUT2D eigenvalue weighted by Crippen LogP contribution is 2.24. The molecule has 0 saturated heterocycles. The molecule has 0 saturated carbocycles. The van der Waals surface area contributed by atoms with Crippen molar-refractivity contribution in [3.8, 4) is 0 Å². The smallest absolute Gasteiger partial charge is 0.0680 e. The molecule has 0 bridgehead atoms. The number of hydrogen-bond acceptors (Lipinski definition) is 4. The molecular formula is C11H12BrN3S. The van der Waals surface area contributed by atoms with E-state index in [0.717, 1.165) is 16.6 Å². The monoisotopic (exact) mass is 297 g/mol. The molecule has 0 aliphatic rings. The summed E-state index contributed by atoms with van der Waals surface area (Å²) < 4.78 is 1.12. The Bertz CT molecular complexity index is 444. The molecule has 2 aromatic rings. The molecule has 1 unspecified atom stereocenters. The zero-order valence-corrected chi connectivity index (χ0v) is 11.0. The van der Waals surface area contributed by atoms with Gasteiger partial charge in [-0.25, -0.2) is 0 Å². The first kappa shape index (κ1) is 11.7. The minimum Gasteiger partial charge on any atom is -0.271 e. The van der Waals surface area contributed by atoms with Gasteiger partial charge in [-0.1, -0.05) is 6.07 Å². The molecule has 3 nitrogen and oxygen atoms in total. The van der Waals surface area contributed by atoms with Crippen molar-refractivity contribution in [1.82, 2.24) is 10.4 Å². The molecule has 2 heterocycles. The van der Waals surface area contributed by atoms with Crippen LogP contribution >= 0.6 is 27.3 Å². The van der Waals surface area contributed by atoms with Crippen LogP contribution < -0.4 is 11.3 Å². The highest BCUT2D eigenvalue weighted by Gasteiger charge is 2.12. The van der Waals surface area contributed by atoms with Crippen molar-refractivity contribution in [3.63, 3.8) is 0 Å². The summed E-state index contributed by atoms with van der Waals surface area (Å²) in [6.45, 7) is 0. The topological polar surface area (TPSA) is 50.9 Å². The van der Waals surface area contributed by atoms with Gasteiger partial charge in [-0.05, 0) is 34.1 Å². The summed E-state index contributed by atoms with van der Waals surface area (Å²) in [4.78, 5) is 5.58. The van der Waals surface area contributed by atoms with Crippen LogP contribution in [0.1, 0.15) is 16.6 Å². The van der Waals surface area contributed by atoms with Crippen LogP contribution in [0.2, 0.25) is 0 Å². The van der Waals surface area contributed by atoms with E-state index in [0.29, 0.717) is 0 Å². The van der Waals surface area contributed by atoms with E-state index < -0.39 is 0 Å². The summed E-state index contributed by atoms with van der Waals surface area (Å²) in [7, 11) is 0. The molecule has 0 radical (unpaired) electrons. The zero-order valence-electron chi connectivity index (χ0n) is 8.56. The first-order chi connectivity index (χ1) is 7.79. The van der Waals surface area contributed by atoms with Crippen molar-refractivity contribution in [1.29, 1.82) is 0 Å². The van der Waals surface area contributed by atoms with Crippen molar-refractivity contribution >= 4 is 27.3 Å². The maximum absolute atomic E-state index is 5.56. The summed E-state index contributed by atoms with van der Waals surface area (Å²) in [5, 5.41) is 2.07. The fourth-order valence-electron chi connectivity index (χ4n) is 1.49. The molecule has 0 aromatic carbocycles. The van der Waals surface area contributed by atoms with E-state index in [1.165, 1.54) is 4.88 Å². The minimum absolute atomic E-state index is 0.0618. The van der Waals surface area contributed by atoms with Gasteiger partial charge in [0.1, 0.15) is 0 Å². The van der Waals surface area contributed by atoms with Crippen LogP contribution in [-0.4, -0.2) is 4.98 Å². The highest BCUT2D eigenvalue weighted by atomic mass is 79.9. The van der Waals surface area contributed by atoms with Crippen LogP contribution in [0.15, 0.2) is 40.3 Å². The van der Waals surface area contributed by atoms with Gasteiger partial charge in [0.25, 0.3) is 0 Å². The van der Waals surface area contributed by atoms with Crippen LogP contribution in [0.5, 0.6) is 0 Å². The Labute approximate surface area is 107 Å². The van der Waals surface area contributed by atoms with Crippen LogP contribution in [0, 0.1) is 0 Å². The number of aromatic nitrogens is 1. The van der Waals surface area contributed by atoms with E-state index in [-0.39, 0.29) is 6.04 Å². The highest BCUT2D eigenvalue weighted by molar-refractivity contribution is 9.10. The molecule has 84 valence electrons. The SMILES string of the molecule is NNC(Cc1cc(Br)cs1)c1ccccn1. The first-order valence-electron chi connectivity index (χ1n) is 4.89. The van der Waals surface area contributed by atoms with Gasteiger partial charge in [0.2, 0.25) is 0 Å². The lowest BCUT2D eigenvalue weighted by molar-refractivity contribution is 0.542. The predicted octanol–water partition coefficient (Wildman–Crippen LogP) is 2.65. The normalized spacial score (nSPS) is 12.6. The molecule has 2 rings (SSSR count). The first-order valence-corrected chi connectivity index (χ1v) is 6.57. The molecule has 0 aliphatic heterocycles. The summed E-state index contributed by atoms with van der Waals surface area (Å²) in [5.41, 5.74) is 3.77. The van der Waals surface area contributed by atoms with Gasteiger partial charge in [0.05, 0.1) is 11.7 Å². The Hall–Kier alpha value is -0.750. The van der Waals surface area contributed by atoms with Crippen molar-refractivity contribution in [3.05, 3.63) is 50.9 Å². The second-order valence-corrected chi connectivity index (χ2v) is 5.32. The number of nitrogens with zero attached hydrogens (tertiary/aromatic N) is 1. The third-order valence-electron chi connectivity index (χ3n) is 2.27. The van der Waals surface area contributed by atoms with E-state index >= 15 is 0 Å². The Morgan fingerprint density at radius 3 is 2.94 bits per heavy atom. The van der Waals surface area contributed by atoms with Gasteiger partial charge in [-0.3, -0.25) is 16.3 Å². The predicted molar refractivity (Wildman–Crippen MR) is 70.0 cm³/mol. The van der Waals surface area contributed by atoms with Gasteiger partial charge in [0.15, 0.2) is 0 Å². The third-order valence-corrected chi connectivity index (χ3v) is 3.99. The second kappa shape index (κ2) is 5.54. The van der Waals surface area contributed by atoms with Crippen molar-refractivity contribution in [2.24, 2.45) is 5.84 Å². The zero-order chi connectivity index (χ0) is 11.4. The molecule has 3 N–H and O–H groups in total. The number of thiophene rings is 1. The average molecular weight is 298 g/mol. The molecule has 16 heavy (non-hydrogen) atoms. The third kappa shape index (κ3) is 2.89. The van der Waals surface area contributed by atoms with Crippen LogP contribution in [-0.2, 0) is 6.42 Å². The molecule has 5 heteroatoms. The van der Waals surface area contributed by atoms with Crippen molar-refractivity contribution in [2.75, 3.05) is 0 Å². The van der Waals surface area contributed by atoms with Crippen LogP contribution in [0.3, 0.4) is 0 Å². The number of pyridine rings is 1. The second-order valence-electron chi connectivity index (χ2n) is 3.41. The van der Waals surface area contributed by atoms with Crippen molar-refractivity contribution < 1.29 is 0 Å². The van der Waals surface area contributed by atoms with Gasteiger partial charge < -0.3 is 0 Å². The lowest BCUT2D eigenvalue weighted by Crippen LogP contribution is -2.29. The maximum atomic E-state index is 5.56. The van der Waals surface area contributed by atoms with E-state index in [9.17, 15) is 0 Å². The summed E-state index contributed by atoms with van der Waals surface area (Å²) in [5.74, 6) is 5.56. The van der Waals surface area contributed by atoms with Gasteiger partial charge >= 0.3 is 0 Å². The number of rotatable bonds is 4. The molecular weight excluding hydrogens is 286 g/mol. The minimum atomic E-state index is 0.0618. The van der Waals surface area contributed by atoms with Gasteiger partial charge in [-0.2, -0.15) is 0 Å². The number of hydrogen-bond donors (Lipinski definition) is 2. The number of halogens is 1. The average Bonchev–Trinajstić information content (AvgIpc) is 2.73. The molecule has 0 fully saturated rings. The summed E-state index contributed by atoms with van der Waals surface area (Å²) in [6.07, 6.45) is 2.63. The van der Waals surface area contributed by atoms with Crippen LogP contribution in [0.25, 0.3) is 0 Å². The molecule has 0 spiro atoms. The summed E-state index contributed by atoms with van der Waals surface area (Å²) >= 11 is 5.16. The number of nitrogens with two attached hydrogens (primary N) is 1. The lowest BCUT2D eigenvalue weighted by Gasteiger charge is -2.13. The molecule has 0 amide bonds. The quantitative estimate of drug-likeness (QED) is 0.674. The van der Waals surface area contributed by atoms with Crippen LogP contribution in [0.4, 0.5) is 0 Å². The molecule has 2 aromatic heterocycles. The Morgan fingerprint density at radius 1 is 1.50 bits per heavy atom. The Balaban J connectivity index is 2.12. The fourth-order valence-corrected chi connectivity index (χ4v) is 2.99. The Kier molecular flexibility index (Phi) is 4.06. The number of nitrogens with one attached hydrogen (secondary N) is 1.